The van der Waals surface area contributed by atoms with Gasteiger partial charge in [0.05, 0.1) is 0 Å². The smallest absolute Gasteiger partial charge is 0.251 e. The lowest BCUT2D eigenvalue weighted by molar-refractivity contribution is 0.597. The fraction of sp³-hybridized carbons (Fsp3) is 0.600. The molecule has 1 unspecified atom stereocenters. The topological polar surface area (TPSA) is 57.8 Å². The lowest BCUT2D eigenvalue weighted by Crippen LogP contribution is -2.21. The number of thioether (sulfide) groups is 1. The summed E-state index contributed by atoms with van der Waals surface area (Å²) in [7, 11) is 1.95. The third-order valence-electron chi connectivity index (χ3n) is 2.13. The minimum absolute atomic E-state index is 0.0772. The molecule has 84 valence electrons. The fourth-order valence-electron chi connectivity index (χ4n) is 1.10. The molecule has 0 saturated heterocycles. The van der Waals surface area contributed by atoms with Crippen molar-refractivity contribution in [3.63, 3.8) is 0 Å². The fourth-order valence-corrected chi connectivity index (χ4v) is 2.14. The van der Waals surface area contributed by atoms with E-state index in [9.17, 15) is 4.79 Å². The second-order valence-corrected chi connectivity index (χ2v) is 4.60. The van der Waals surface area contributed by atoms with Gasteiger partial charge in [0.1, 0.15) is 0 Å². The molecular weight excluding hydrogens is 210 g/mol. The van der Waals surface area contributed by atoms with Crippen LogP contribution in [-0.4, -0.2) is 28.8 Å². The number of nitrogens with one attached hydrogen (secondary N) is 2. The predicted molar refractivity (Wildman–Crippen MR) is 63.5 cm³/mol. The SMILES string of the molecule is CNC(C)CCSc1nc(C)cc(=O)[nH]1. The van der Waals surface area contributed by atoms with Gasteiger partial charge in [-0.15, -0.1) is 0 Å². The van der Waals surface area contributed by atoms with E-state index >= 15 is 0 Å². The molecule has 0 aliphatic carbocycles. The first-order valence-electron chi connectivity index (χ1n) is 5.00. The van der Waals surface area contributed by atoms with Gasteiger partial charge >= 0.3 is 0 Å². The minimum atomic E-state index is -0.0772. The number of nitrogens with zero attached hydrogens (tertiary/aromatic N) is 1. The summed E-state index contributed by atoms with van der Waals surface area (Å²) >= 11 is 1.59. The van der Waals surface area contributed by atoms with E-state index in [0.29, 0.717) is 11.2 Å². The lowest BCUT2D eigenvalue weighted by atomic mass is 10.3. The van der Waals surface area contributed by atoms with Crippen LogP contribution in [0.25, 0.3) is 0 Å². The molecule has 1 aromatic heterocycles. The van der Waals surface area contributed by atoms with Gasteiger partial charge in [-0.1, -0.05) is 11.8 Å². The summed E-state index contributed by atoms with van der Waals surface area (Å²) in [6, 6.07) is 1.99. The number of hydrogen-bond acceptors (Lipinski definition) is 4. The Balaban J connectivity index is 2.47. The maximum absolute atomic E-state index is 11.1. The highest BCUT2D eigenvalue weighted by molar-refractivity contribution is 7.99. The van der Waals surface area contributed by atoms with E-state index in [4.69, 9.17) is 0 Å². The van der Waals surface area contributed by atoms with Gasteiger partial charge in [0.25, 0.3) is 5.56 Å². The quantitative estimate of drug-likeness (QED) is 0.585. The molecule has 0 spiro atoms. The van der Waals surface area contributed by atoms with Crippen LogP contribution in [0.4, 0.5) is 0 Å². The van der Waals surface area contributed by atoms with Gasteiger partial charge in [0, 0.05) is 23.6 Å². The summed E-state index contributed by atoms with van der Waals surface area (Å²) in [5.74, 6) is 0.953. The molecule has 0 fully saturated rings. The first-order chi connectivity index (χ1) is 7.11. The molecule has 0 aliphatic heterocycles. The van der Waals surface area contributed by atoms with E-state index in [2.05, 4.69) is 22.2 Å². The Morgan fingerprint density at radius 3 is 3.00 bits per heavy atom. The molecule has 5 heteroatoms. The van der Waals surface area contributed by atoms with Crippen LogP contribution in [0.1, 0.15) is 19.0 Å². The maximum Gasteiger partial charge on any atom is 0.251 e. The molecule has 0 aromatic carbocycles. The highest BCUT2D eigenvalue weighted by Gasteiger charge is 2.01. The Morgan fingerprint density at radius 1 is 1.67 bits per heavy atom. The van der Waals surface area contributed by atoms with Crippen LogP contribution in [0.2, 0.25) is 0 Å². The first-order valence-corrected chi connectivity index (χ1v) is 5.98. The molecule has 2 N–H and O–H groups in total. The van der Waals surface area contributed by atoms with Crippen molar-refractivity contribution >= 4 is 11.8 Å². The molecule has 1 rings (SSSR count). The van der Waals surface area contributed by atoms with E-state index in [0.717, 1.165) is 17.9 Å². The second kappa shape index (κ2) is 5.92. The molecule has 0 aliphatic rings. The zero-order valence-electron chi connectivity index (χ0n) is 9.33. The molecule has 1 aromatic rings. The van der Waals surface area contributed by atoms with E-state index in [-0.39, 0.29) is 5.56 Å². The van der Waals surface area contributed by atoms with Crippen LogP contribution >= 0.6 is 11.8 Å². The predicted octanol–water partition coefficient (Wildman–Crippen LogP) is 1.17. The van der Waals surface area contributed by atoms with E-state index in [1.54, 1.807) is 11.8 Å². The number of aromatic nitrogens is 2. The van der Waals surface area contributed by atoms with Gasteiger partial charge in [0.15, 0.2) is 5.16 Å². The summed E-state index contributed by atoms with van der Waals surface area (Å²) in [5, 5.41) is 3.88. The molecule has 1 atom stereocenters. The normalized spacial score (nSPS) is 12.7. The highest BCUT2D eigenvalue weighted by atomic mass is 32.2. The average Bonchev–Trinajstić information content (AvgIpc) is 2.16. The van der Waals surface area contributed by atoms with Crippen LogP contribution in [0.15, 0.2) is 16.0 Å². The average molecular weight is 227 g/mol. The van der Waals surface area contributed by atoms with Crippen LogP contribution in [0, 0.1) is 6.92 Å². The zero-order chi connectivity index (χ0) is 11.3. The van der Waals surface area contributed by atoms with Crippen LogP contribution < -0.4 is 10.9 Å². The van der Waals surface area contributed by atoms with Crippen LogP contribution in [-0.2, 0) is 0 Å². The Hall–Kier alpha value is -0.810. The van der Waals surface area contributed by atoms with Gasteiger partial charge in [-0.2, -0.15) is 0 Å². The third-order valence-corrected chi connectivity index (χ3v) is 3.04. The Kier molecular flexibility index (Phi) is 4.84. The standard InChI is InChI=1S/C10H17N3OS/c1-7(11-3)4-5-15-10-12-8(2)6-9(14)13-10/h6-7,11H,4-5H2,1-3H3,(H,12,13,14). The Labute approximate surface area is 93.9 Å². The van der Waals surface area contributed by atoms with Crippen molar-refractivity contribution in [2.75, 3.05) is 12.8 Å². The number of aryl methyl sites for hydroxylation is 1. The number of aromatic amines is 1. The molecule has 0 amide bonds. The zero-order valence-corrected chi connectivity index (χ0v) is 10.1. The molecule has 4 nitrogen and oxygen atoms in total. The largest absolute Gasteiger partial charge is 0.317 e. The minimum Gasteiger partial charge on any atom is -0.317 e. The summed E-state index contributed by atoms with van der Waals surface area (Å²) in [4.78, 5) is 18.1. The molecule has 15 heavy (non-hydrogen) atoms. The van der Waals surface area contributed by atoms with Crippen molar-refractivity contribution in [2.24, 2.45) is 0 Å². The van der Waals surface area contributed by atoms with Crippen molar-refractivity contribution < 1.29 is 0 Å². The summed E-state index contributed by atoms with van der Waals surface area (Å²) in [6.45, 7) is 3.96. The second-order valence-electron chi connectivity index (χ2n) is 3.52. The first kappa shape index (κ1) is 12.3. The summed E-state index contributed by atoms with van der Waals surface area (Å²) in [5.41, 5.74) is 0.689. The van der Waals surface area contributed by atoms with Crippen molar-refractivity contribution in [3.8, 4) is 0 Å². The molecule has 0 bridgehead atoms. The van der Waals surface area contributed by atoms with Crippen molar-refractivity contribution in [2.45, 2.75) is 31.5 Å². The van der Waals surface area contributed by atoms with Crippen LogP contribution in [0.3, 0.4) is 0 Å². The van der Waals surface area contributed by atoms with Gasteiger partial charge < -0.3 is 10.3 Å². The van der Waals surface area contributed by atoms with Gasteiger partial charge in [0.2, 0.25) is 0 Å². The molecule has 0 saturated carbocycles. The molecular formula is C10H17N3OS. The Bertz CT molecular complexity index is 364. The van der Waals surface area contributed by atoms with Gasteiger partial charge in [-0.25, -0.2) is 4.98 Å². The molecule has 1 heterocycles. The monoisotopic (exact) mass is 227 g/mol. The number of hydrogen-bond donors (Lipinski definition) is 2. The van der Waals surface area contributed by atoms with E-state index in [1.165, 1.54) is 6.07 Å². The Morgan fingerprint density at radius 2 is 2.40 bits per heavy atom. The third kappa shape index (κ3) is 4.48. The number of rotatable bonds is 5. The lowest BCUT2D eigenvalue weighted by Gasteiger charge is -2.08. The number of H-pyrrole nitrogens is 1. The van der Waals surface area contributed by atoms with E-state index < -0.39 is 0 Å². The van der Waals surface area contributed by atoms with Crippen LogP contribution in [0.5, 0.6) is 0 Å². The van der Waals surface area contributed by atoms with Crippen molar-refractivity contribution in [1.82, 2.24) is 15.3 Å². The van der Waals surface area contributed by atoms with Crippen molar-refractivity contribution in [1.29, 1.82) is 0 Å². The van der Waals surface area contributed by atoms with Gasteiger partial charge in [-0.05, 0) is 27.3 Å². The highest BCUT2D eigenvalue weighted by Crippen LogP contribution is 2.13. The van der Waals surface area contributed by atoms with E-state index in [1.807, 2.05) is 14.0 Å². The van der Waals surface area contributed by atoms with Crippen molar-refractivity contribution in [3.05, 3.63) is 22.1 Å². The summed E-state index contributed by atoms with van der Waals surface area (Å²) < 4.78 is 0. The summed E-state index contributed by atoms with van der Waals surface area (Å²) in [6.07, 6.45) is 1.05. The maximum atomic E-state index is 11.1. The molecule has 0 radical (unpaired) electrons. The van der Waals surface area contributed by atoms with Gasteiger partial charge in [-0.3, -0.25) is 4.79 Å².